The monoisotopic (exact) mass is 362 g/mol. The Balaban J connectivity index is 1.66. The minimum atomic E-state index is -0.0467. The zero-order chi connectivity index (χ0) is 18.8. The molecule has 1 amide bonds. The van der Waals surface area contributed by atoms with Gasteiger partial charge in [-0.3, -0.25) is 9.78 Å². The predicted octanol–water partition coefficient (Wildman–Crippen LogP) is 3.02. The standard InChI is InChI=1S/C20H22N6O/c1-13(16-6-2-3-9-22-16)23-18-15-8-7-14(12-17(15)24-20(21)25-18)19(27)26-10-4-5-11-26/h2-3,6-9,12-13H,4-5,10-11H2,1H3,(H3,21,23,24,25). The number of carbonyl (C=O) groups is 1. The first kappa shape index (κ1) is 17.2. The smallest absolute Gasteiger partial charge is 0.253 e. The summed E-state index contributed by atoms with van der Waals surface area (Å²) in [6.45, 7) is 3.64. The van der Waals surface area contributed by atoms with E-state index in [0.717, 1.165) is 37.0 Å². The quantitative estimate of drug-likeness (QED) is 0.740. The highest BCUT2D eigenvalue weighted by Crippen LogP contribution is 2.26. The van der Waals surface area contributed by atoms with Gasteiger partial charge in [-0.25, -0.2) is 4.98 Å². The lowest BCUT2D eigenvalue weighted by Crippen LogP contribution is -2.27. The SMILES string of the molecule is CC(Nc1nc(N)nc2cc(C(=O)N3CCCC3)ccc12)c1ccccn1. The Labute approximate surface area is 157 Å². The number of anilines is 2. The lowest BCUT2D eigenvalue weighted by Gasteiger charge is -2.17. The fourth-order valence-electron chi connectivity index (χ4n) is 3.40. The van der Waals surface area contributed by atoms with Crippen molar-refractivity contribution in [1.29, 1.82) is 0 Å². The molecule has 1 aromatic carbocycles. The van der Waals surface area contributed by atoms with E-state index in [1.54, 1.807) is 12.3 Å². The van der Waals surface area contributed by atoms with Crippen LogP contribution in [0.2, 0.25) is 0 Å². The van der Waals surface area contributed by atoms with Crippen LogP contribution >= 0.6 is 0 Å². The van der Waals surface area contributed by atoms with Gasteiger partial charge in [0.15, 0.2) is 0 Å². The number of nitrogens with zero attached hydrogens (tertiary/aromatic N) is 4. The summed E-state index contributed by atoms with van der Waals surface area (Å²) >= 11 is 0. The van der Waals surface area contributed by atoms with Crippen molar-refractivity contribution >= 4 is 28.6 Å². The second-order valence-electron chi connectivity index (χ2n) is 6.78. The van der Waals surface area contributed by atoms with Gasteiger partial charge in [0.1, 0.15) is 5.82 Å². The van der Waals surface area contributed by atoms with Crippen LogP contribution < -0.4 is 11.1 Å². The molecule has 0 aliphatic carbocycles. The van der Waals surface area contributed by atoms with Crippen molar-refractivity contribution in [3.05, 3.63) is 53.9 Å². The summed E-state index contributed by atoms with van der Waals surface area (Å²) in [4.78, 5) is 27.6. The van der Waals surface area contributed by atoms with Gasteiger partial charge in [0.25, 0.3) is 5.91 Å². The molecule has 4 rings (SSSR count). The molecule has 1 aliphatic heterocycles. The second kappa shape index (κ2) is 7.19. The van der Waals surface area contributed by atoms with E-state index in [4.69, 9.17) is 5.73 Å². The van der Waals surface area contributed by atoms with Gasteiger partial charge in [-0.05, 0) is 50.1 Å². The molecule has 7 heteroatoms. The molecule has 0 radical (unpaired) electrons. The molecule has 0 saturated carbocycles. The van der Waals surface area contributed by atoms with E-state index >= 15 is 0 Å². The molecular weight excluding hydrogens is 340 g/mol. The summed E-state index contributed by atoms with van der Waals surface area (Å²) in [6, 6.07) is 11.2. The van der Waals surface area contributed by atoms with Gasteiger partial charge in [-0.1, -0.05) is 6.07 Å². The molecule has 7 nitrogen and oxygen atoms in total. The molecule has 3 N–H and O–H groups in total. The topological polar surface area (TPSA) is 97.0 Å². The minimum absolute atomic E-state index is 0.0444. The number of pyridine rings is 1. The zero-order valence-corrected chi connectivity index (χ0v) is 15.2. The first-order chi connectivity index (χ1) is 13.1. The molecule has 0 bridgehead atoms. The van der Waals surface area contributed by atoms with E-state index in [2.05, 4.69) is 20.3 Å². The Bertz CT molecular complexity index is 969. The number of carbonyl (C=O) groups excluding carboxylic acids is 1. The van der Waals surface area contributed by atoms with Crippen molar-refractivity contribution in [2.45, 2.75) is 25.8 Å². The number of amides is 1. The second-order valence-corrected chi connectivity index (χ2v) is 6.78. The van der Waals surface area contributed by atoms with Crippen molar-refractivity contribution < 1.29 is 4.79 Å². The number of hydrogen-bond donors (Lipinski definition) is 2. The summed E-state index contributed by atoms with van der Waals surface area (Å²) in [6.07, 6.45) is 3.89. The largest absolute Gasteiger partial charge is 0.368 e. The molecule has 3 aromatic rings. The van der Waals surface area contributed by atoms with E-state index in [1.165, 1.54) is 0 Å². The van der Waals surface area contributed by atoms with Crippen molar-refractivity contribution in [2.24, 2.45) is 0 Å². The lowest BCUT2D eigenvalue weighted by atomic mass is 10.1. The number of fused-ring (bicyclic) bond motifs is 1. The molecule has 2 aromatic heterocycles. The maximum atomic E-state index is 12.7. The number of nitrogen functional groups attached to an aromatic ring is 1. The van der Waals surface area contributed by atoms with Gasteiger partial charge in [0.2, 0.25) is 5.95 Å². The number of likely N-dealkylation sites (tertiary alicyclic amines) is 1. The minimum Gasteiger partial charge on any atom is -0.368 e. The van der Waals surface area contributed by atoms with Gasteiger partial charge in [-0.2, -0.15) is 4.98 Å². The Kier molecular flexibility index (Phi) is 4.58. The van der Waals surface area contributed by atoms with Crippen LogP contribution in [-0.2, 0) is 0 Å². The highest BCUT2D eigenvalue weighted by atomic mass is 16.2. The van der Waals surface area contributed by atoms with Gasteiger partial charge in [0.05, 0.1) is 17.3 Å². The molecule has 1 unspecified atom stereocenters. The van der Waals surface area contributed by atoms with Crippen LogP contribution in [0.4, 0.5) is 11.8 Å². The molecule has 0 spiro atoms. The average molecular weight is 362 g/mol. The van der Waals surface area contributed by atoms with Crippen molar-refractivity contribution in [3.63, 3.8) is 0 Å². The molecule has 138 valence electrons. The van der Waals surface area contributed by atoms with E-state index < -0.39 is 0 Å². The number of nitrogens with one attached hydrogen (secondary N) is 1. The summed E-state index contributed by atoms with van der Waals surface area (Å²) in [5.41, 5.74) is 8.11. The maximum absolute atomic E-state index is 12.7. The van der Waals surface area contributed by atoms with Gasteiger partial charge >= 0.3 is 0 Å². The van der Waals surface area contributed by atoms with Crippen LogP contribution in [0.5, 0.6) is 0 Å². The van der Waals surface area contributed by atoms with Crippen molar-refractivity contribution in [1.82, 2.24) is 19.9 Å². The van der Waals surface area contributed by atoms with Crippen LogP contribution in [0, 0.1) is 0 Å². The fourth-order valence-corrected chi connectivity index (χ4v) is 3.40. The molecule has 27 heavy (non-hydrogen) atoms. The fraction of sp³-hybridized carbons (Fsp3) is 0.300. The molecule has 1 atom stereocenters. The summed E-state index contributed by atoms with van der Waals surface area (Å²) in [5, 5.41) is 4.18. The molecular formula is C20H22N6O. The highest BCUT2D eigenvalue weighted by molar-refractivity contribution is 6.00. The molecule has 1 fully saturated rings. The first-order valence-electron chi connectivity index (χ1n) is 9.16. The van der Waals surface area contributed by atoms with E-state index in [-0.39, 0.29) is 17.9 Å². The number of rotatable bonds is 4. The average Bonchev–Trinajstić information content (AvgIpc) is 3.22. The van der Waals surface area contributed by atoms with Gasteiger partial charge < -0.3 is 16.0 Å². The predicted molar refractivity (Wildman–Crippen MR) is 105 cm³/mol. The molecule has 3 heterocycles. The Morgan fingerprint density at radius 3 is 2.74 bits per heavy atom. The van der Waals surface area contributed by atoms with Gasteiger partial charge in [0, 0.05) is 30.2 Å². The number of nitrogens with two attached hydrogens (primary N) is 1. The van der Waals surface area contributed by atoms with Crippen LogP contribution in [0.1, 0.15) is 41.9 Å². The number of aromatic nitrogens is 3. The molecule has 1 saturated heterocycles. The number of benzene rings is 1. The maximum Gasteiger partial charge on any atom is 0.253 e. The van der Waals surface area contributed by atoms with Crippen LogP contribution in [-0.4, -0.2) is 38.8 Å². The Morgan fingerprint density at radius 1 is 1.19 bits per heavy atom. The first-order valence-corrected chi connectivity index (χ1v) is 9.16. The van der Waals surface area contributed by atoms with Crippen LogP contribution in [0.15, 0.2) is 42.6 Å². The summed E-state index contributed by atoms with van der Waals surface area (Å²) in [5.74, 6) is 0.850. The Hall–Kier alpha value is -3.22. The third-order valence-electron chi connectivity index (χ3n) is 4.84. The van der Waals surface area contributed by atoms with E-state index in [0.29, 0.717) is 16.9 Å². The van der Waals surface area contributed by atoms with Crippen molar-refractivity contribution in [3.8, 4) is 0 Å². The van der Waals surface area contributed by atoms with Gasteiger partial charge in [-0.15, -0.1) is 0 Å². The number of hydrogen-bond acceptors (Lipinski definition) is 6. The van der Waals surface area contributed by atoms with E-state index in [1.807, 2.05) is 42.2 Å². The third kappa shape index (κ3) is 3.53. The van der Waals surface area contributed by atoms with Crippen LogP contribution in [0.3, 0.4) is 0 Å². The third-order valence-corrected chi connectivity index (χ3v) is 4.84. The highest BCUT2D eigenvalue weighted by Gasteiger charge is 2.20. The normalized spacial score (nSPS) is 15.1. The van der Waals surface area contributed by atoms with E-state index in [9.17, 15) is 4.79 Å². The Morgan fingerprint density at radius 2 is 2.00 bits per heavy atom. The summed E-state index contributed by atoms with van der Waals surface area (Å²) < 4.78 is 0. The molecule has 1 aliphatic rings. The zero-order valence-electron chi connectivity index (χ0n) is 15.2. The van der Waals surface area contributed by atoms with Crippen LogP contribution in [0.25, 0.3) is 10.9 Å². The lowest BCUT2D eigenvalue weighted by molar-refractivity contribution is 0.0793. The summed E-state index contributed by atoms with van der Waals surface area (Å²) in [7, 11) is 0. The van der Waals surface area contributed by atoms with Crippen molar-refractivity contribution in [2.75, 3.05) is 24.1 Å².